The SMILES string of the molecule is C=CCN1C(=O)[C@]2(O[C@H](CCn3cc(C(CO)c4ccccc4)nn3)[C@@H]([Si](C)(C)c3ccc(OC)cc3)[C@@H]2C)c2cc(N3CCNCC3=O)ccc21. The average Bonchev–Trinajstić information content (AvgIpc) is 3.82. The summed E-state index contributed by atoms with van der Waals surface area (Å²) in [6.07, 6.45) is 3.96. The van der Waals surface area contributed by atoms with Gasteiger partial charge < -0.3 is 29.7 Å². The number of aromatic nitrogens is 3. The molecule has 5 atom stereocenters. The molecule has 0 radical (unpaired) electrons. The molecule has 1 spiro atoms. The number of carbonyl (C=O) groups is 2. The van der Waals surface area contributed by atoms with Crippen LogP contribution in [0.5, 0.6) is 5.75 Å². The van der Waals surface area contributed by atoms with Gasteiger partial charge in [0.2, 0.25) is 5.91 Å². The molecule has 4 aromatic rings. The molecule has 0 aliphatic carbocycles. The first-order chi connectivity index (χ1) is 25.1. The lowest BCUT2D eigenvalue weighted by molar-refractivity contribution is -0.145. The molecule has 12 heteroatoms. The highest BCUT2D eigenvalue weighted by Crippen LogP contribution is 2.60. The highest BCUT2D eigenvalue weighted by Gasteiger charge is 2.66. The summed E-state index contributed by atoms with van der Waals surface area (Å²) in [5.74, 6) is 0.225. The summed E-state index contributed by atoms with van der Waals surface area (Å²) in [5, 5.41) is 23.6. The van der Waals surface area contributed by atoms with E-state index >= 15 is 0 Å². The van der Waals surface area contributed by atoms with Crippen molar-refractivity contribution in [3.05, 3.63) is 108 Å². The van der Waals surface area contributed by atoms with Crippen LogP contribution >= 0.6 is 0 Å². The Hall–Kier alpha value is -4.62. The summed E-state index contributed by atoms with van der Waals surface area (Å²) >= 11 is 0. The first kappa shape index (κ1) is 35.8. The summed E-state index contributed by atoms with van der Waals surface area (Å²) in [5.41, 5.74) is 2.83. The smallest absolute Gasteiger partial charge is 0.264 e. The lowest BCUT2D eigenvalue weighted by atomic mass is 9.82. The third kappa shape index (κ3) is 6.07. The molecule has 2 N–H and O–H groups in total. The fourth-order valence-electron chi connectivity index (χ4n) is 8.83. The first-order valence-electron chi connectivity index (χ1n) is 18.1. The average molecular weight is 721 g/mol. The second kappa shape index (κ2) is 14.4. The van der Waals surface area contributed by atoms with Crippen molar-refractivity contribution in [1.29, 1.82) is 0 Å². The Labute approximate surface area is 306 Å². The number of amides is 2. The summed E-state index contributed by atoms with van der Waals surface area (Å²) in [6.45, 7) is 13.2. The van der Waals surface area contributed by atoms with Crippen LogP contribution in [0.2, 0.25) is 18.6 Å². The predicted molar refractivity (Wildman–Crippen MR) is 204 cm³/mol. The molecule has 3 aliphatic heterocycles. The molecule has 2 fully saturated rings. The van der Waals surface area contributed by atoms with Crippen LogP contribution in [0.3, 0.4) is 0 Å². The Morgan fingerprint density at radius 3 is 2.60 bits per heavy atom. The maximum Gasteiger partial charge on any atom is 0.264 e. The molecule has 272 valence electrons. The van der Waals surface area contributed by atoms with E-state index in [1.807, 2.05) is 71.5 Å². The molecule has 52 heavy (non-hydrogen) atoms. The van der Waals surface area contributed by atoms with Crippen LogP contribution in [0.1, 0.15) is 36.1 Å². The van der Waals surface area contributed by atoms with Crippen LogP contribution in [0.4, 0.5) is 11.4 Å². The van der Waals surface area contributed by atoms with E-state index in [9.17, 15) is 14.7 Å². The zero-order chi connectivity index (χ0) is 36.6. The number of piperazine rings is 1. The van der Waals surface area contributed by atoms with E-state index in [4.69, 9.17) is 9.47 Å². The van der Waals surface area contributed by atoms with Crippen molar-refractivity contribution in [2.24, 2.45) is 5.92 Å². The molecule has 0 bridgehead atoms. The minimum Gasteiger partial charge on any atom is -0.497 e. The summed E-state index contributed by atoms with van der Waals surface area (Å²) in [6, 6.07) is 24.1. The van der Waals surface area contributed by atoms with Gasteiger partial charge in [0.25, 0.3) is 5.91 Å². The molecule has 3 aromatic carbocycles. The van der Waals surface area contributed by atoms with Gasteiger partial charge in [-0.1, -0.05) is 79.0 Å². The molecule has 1 aromatic heterocycles. The molecule has 3 aliphatic rings. The standard InChI is InChI=1S/C40H48N6O5Si/c1-6-20-46-35-17-12-29(45-22-19-41-24-37(45)48)23-33(35)40(39(46)49)27(2)38(52(4,5)31-15-13-30(50-3)14-16-31)36(51-40)18-21-44-25-34(42-43-44)32(26-47)28-10-8-7-9-11-28/h6-17,23,25,27,32,36,38,41,47H,1,18-22,24,26H2,2-5H3/t27-,32?,36+,38-,40+/m0/s1. The van der Waals surface area contributed by atoms with Gasteiger partial charge in [-0.15, -0.1) is 11.7 Å². The van der Waals surface area contributed by atoms with Crippen molar-refractivity contribution >= 4 is 36.4 Å². The summed E-state index contributed by atoms with van der Waals surface area (Å²) < 4.78 is 14.6. The highest BCUT2D eigenvalue weighted by molar-refractivity contribution is 6.91. The number of carbonyl (C=O) groups excluding carboxylic acids is 2. The number of hydrogen-bond acceptors (Lipinski definition) is 8. The molecule has 4 heterocycles. The van der Waals surface area contributed by atoms with Gasteiger partial charge in [0.1, 0.15) is 5.75 Å². The molecule has 1 unspecified atom stereocenters. The molecule has 0 saturated carbocycles. The number of aliphatic hydroxyl groups is 1. The van der Waals surface area contributed by atoms with E-state index in [2.05, 4.69) is 54.4 Å². The fraction of sp³-hybridized carbons (Fsp3) is 0.400. The Kier molecular flexibility index (Phi) is 9.92. The topological polar surface area (TPSA) is 122 Å². The Morgan fingerprint density at radius 1 is 1.13 bits per heavy atom. The molecular formula is C40H48N6O5Si. The van der Waals surface area contributed by atoms with Gasteiger partial charge in [0.05, 0.1) is 51.7 Å². The fourth-order valence-corrected chi connectivity index (χ4v) is 12.9. The predicted octanol–water partition coefficient (Wildman–Crippen LogP) is 4.19. The second-order valence-corrected chi connectivity index (χ2v) is 19.3. The van der Waals surface area contributed by atoms with E-state index < -0.39 is 13.7 Å². The third-order valence-electron chi connectivity index (χ3n) is 11.5. The molecular weight excluding hydrogens is 673 g/mol. The lowest BCUT2D eigenvalue weighted by Crippen LogP contribution is -2.52. The molecule has 2 amide bonds. The monoisotopic (exact) mass is 720 g/mol. The van der Waals surface area contributed by atoms with E-state index in [-0.39, 0.29) is 48.4 Å². The quantitative estimate of drug-likeness (QED) is 0.165. The number of nitrogens with zero attached hydrogens (tertiary/aromatic N) is 5. The Balaban J connectivity index is 1.28. The summed E-state index contributed by atoms with van der Waals surface area (Å²) in [4.78, 5) is 31.5. The number of aryl methyl sites for hydroxylation is 1. The van der Waals surface area contributed by atoms with Crippen LogP contribution in [0, 0.1) is 5.92 Å². The Morgan fingerprint density at radius 2 is 1.90 bits per heavy atom. The van der Waals surface area contributed by atoms with E-state index in [1.165, 1.54) is 5.19 Å². The number of ether oxygens (including phenoxy) is 2. The minimum absolute atomic E-state index is 0.000359. The van der Waals surface area contributed by atoms with Crippen LogP contribution < -0.4 is 25.0 Å². The van der Waals surface area contributed by atoms with Crippen LogP contribution in [-0.2, 0) is 26.5 Å². The number of aliphatic hydroxyl groups excluding tert-OH is 1. The van der Waals surface area contributed by atoms with Crippen LogP contribution in [0.25, 0.3) is 0 Å². The number of methoxy groups -OCH3 is 1. The van der Waals surface area contributed by atoms with Crippen molar-refractivity contribution in [2.45, 2.75) is 56.1 Å². The normalized spacial score (nSPS) is 23.7. The van der Waals surface area contributed by atoms with E-state index in [0.717, 1.165) is 28.3 Å². The van der Waals surface area contributed by atoms with Crippen molar-refractivity contribution < 1.29 is 24.2 Å². The molecule has 7 rings (SSSR count). The highest BCUT2D eigenvalue weighted by atomic mass is 28.3. The van der Waals surface area contributed by atoms with Crippen LogP contribution in [0.15, 0.2) is 91.6 Å². The van der Waals surface area contributed by atoms with Gasteiger partial charge in [-0.05, 0) is 47.9 Å². The van der Waals surface area contributed by atoms with Gasteiger partial charge in [0, 0.05) is 49.5 Å². The second-order valence-electron chi connectivity index (χ2n) is 14.6. The maximum absolute atomic E-state index is 14.9. The minimum atomic E-state index is -2.37. The lowest BCUT2D eigenvalue weighted by Gasteiger charge is -2.37. The van der Waals surface area contributed by atoms with Crippen LogP contribution in [-0.4, -0.2) is 86.0 Å². The van der Waals surface area contributed by atoms with Gasteiger partial charge in [-0.2, -0.15) is 0 Å². The van der Waals surface area contributed by atoms with Crippen molar-refractivity contribution in [3.8, 4) is 5.75 Å². The number of benzene rings is 3. The number of fused-ring (bicyclic) bond motifs is 2. The van der Waals surface area contributed by atoms with Crippen molar-refractivity contribution in [3.63, 3.8) is 0 Å². The number of hydrogen-bond donors (Lipinski definition) is 2. The van der Waals surface area contributed by atoms with E-state index in [0.29, 0.717) is 38.3 Å². The third-order valence-corrected chi connectivity index (χ3v) is 15.8. The zero-order valence-electron chi connectivity index (χ0n) is 30.4. The number of anilines is 2. The van der Waals surface area contributed by atoms with Gasteiger partial charge in [-0.3, -0.25) is 14.3 Å². The molecule has 2 saturated heterocycles. The summed E-state index contributed by atoms with van der Waals surface area (Å²) in [7, 11) is -0.704. The largest absolute Gasteiger partial charge is 0.497 e. The Bertz CT molecular complexity index is 1930. The molecule has 11 nitrogen and oxygen atoms in total. The van der Waals surface area contributed by atoms with E-state index in [1.54, 1.807) is 23.0 Å². The van der Waals surface area contributed by atoms with Gasteiger partial charge >= 0.3 is 0 Å². The van der Waals surface area contributed by atoms with Gasteiger partial charge in [-0.25, -0.2) is 0 Å². The van der Waals surface area contributed by atoms with Crippen molar-refractivity contribution in [2.75, 3.05) is 49.7 Å². The number of rotatable bonds is 12. The number of nitrogens with one attached hydrogen (secondary N) is 1. The zero-order valence-corrected chi connectivity index (χ0v) is 31.4. The van der Waals surface area contributed by atoms with Crippen molar-refractivity contribution in [1.82, 2.24) is 20.3 Å². The first-order valence-corrected chi connectivity index (χ1v) is 21.2. The van der Waals surface area contributed by atoms with Gasteiger partial charge in [0.15, 0.2) is 5.60 Å². The maximum atomic E-state index is 14.9.